The minimum Gasteiger partial charge on any atom is -0.386 e. The summed E-state index contributed by atoms with van der Waals surface area (Å²) in [4.78, 5) is 0. The molecule has 21 heavy (non-hydrogen) atoms. The number of nitrogens with one attached hydrogen (secondary N) is 1. The van der Waals surface area contributed by atoms with Gasteiger partial charge in [0.2, 0.25) is 0 Å². The van der Waals surface area contributed by atoms with E-state index in [4.69, 9.17) is 0 Å². The van der Waals surface area contributed by atoms with Crippen molar-refractivity contribution >= 4 is 5.69 Å². The van der Waals surface area contributed by atoms with E-state index in [0.717, 1.165) is 18.2 Å². The maximum Gasteiger partial charge on any atom is 0.196 e. The zero-order chi connectivity index (χ0) is 15.6. The van der Waals surface area contributed by atoms with Gasteiger partial charge in [0.05, 0.1) is 11.8 Å². The molecule has 1 atom stereocenters. The van der Waals surface area contributed by atoms with Crippen molar-refractivity contribution in [2.75, 3.05) is 11.9 Å². The summed E-state index contributed by atoms with van der Waals surface area (Å²) < 4.78 is 65.2. The van der Waals surface area contributed by atoms with Crippen molar-refractivity contribution in [2.24, 2.45) is 0 Å². The Labute approximate surface area is 116 Å². The summed E-state index contributed by atoms with van der Waals surface area (Å²) >= 11 is 0. The average molecular weight is 303 g/mol. The van der Waals surface area contributed by atoms with E-state index in [1.165, 1.54) is 0 Å². The van der Waals surface area contributed by atoms with Gasteiger partial charge in [-0.15, -0.1) is 0 Å². The molecule has 0 heterocycles. The van der Waals surface area contributed by atoms with E-state index >= 15 is 0 Å². The highest BCUT2D eigenvalue weighted by atomic mass is 19.2. The highest BCUT2D eigenvalue weighted by molar-refractivity contribution is 5.45. The van der Waals surface area contributed by atoms with Crippen molar-refractivity contribution < 1.29 is 27.1 Å². The molecule has 0 aromatic heterocycles. The summed E-state index contributed by atoms with van der Waals surface area (Å²) in [6.45, 7) is -0.370. The van der Waals surface area contributed by atoms with Gasteiger partial charge in [-0.2, -0.15) is 0 Å². The molecule has 2 aromatic rings. The SMILES string of the molecule is OC(CNc1ccc(F)c(F)c1F)c1ccc(F)cc1F. The van der Waals surface area contributed by atoms with Gasteiger partial charge in [-0.05, 0) is 18.2 Å². The molecule has 1 unspecified atom stereocenters. The van der Waals surface area contributed by atoms with E-state index in [9.17, 15) is 27.1 Å². The Balaban J connectivity index is 2.11. The fourth-order valence-corrected chi connectivity index (χ4v) is 1.75. The van der Waals surface area contributed by atoms with Gasteiger partial charge in [-0.1, -0.05) is 6.07 Å². The largest absolute Gasteiger partial charge is 0.386 e. The number of rotatable bonds is 4. The lowest BCUT2D eigenvalue weighted by molar-refractivity contribution is 0.186. The first kappa shape index (κ1) is 15.2. The van der Waals surface area contributed by atoms with Crippen molar-refractivity contribution in [3.05, 3.63) is 65.0 Å². The Morgan fingerprint density at radius 3 is 2.29 bits per heavy atom. The second-order valence-corrected chi connectivity index (χ2v) is 4.29. The third-order valence-corrected chi connectivity index (χ3v) is 2.84. The normalized spacial score (nSPS) is 12.3. The quantitative estimate of drug-likeness (QED) is 0.669. The van der Waals surface area contributed by atoms with E-state index in [2.05, 4.69) is 5.32 Å². The lowest BCUT2D eigenvalue weighted by atomic mass is 10.1. The fraction of sp³-hybridized carbons (Fsp3) is 0.143. The van der Waals surface area contributed by atoms with Crippen LogP contribution in [0.5, 0.6) is 0 Å². The highest BCUT2D eigenvalue weighted by Gasteiger charge is 2.16. The van der Waals surface area contributed by atoms with Gasteiger partial charge in [0.1, 0.15) is 11.6 Å². The molecule has 0 saturated carbocycles. The predicted molar refractivity (Wildman–Crippen MR) is 66.1 cm³/mol. The molecule has 0 saturated heterocycles. The predicted octanol–water partition coefficient (Wildman–Crippen LogP) is 3.53. The molecule has 0 fully saturated rings. The lowest BCUT2D eigenvalue weighted by Gasteiger charge is -2.14. The van der Waals surface area contributed by atoms with Crippen molar-refractivity contribution in [3.8, 4) is 0 Å². The number of aliphatic hydroxyl groups excluding tert-OH is 1. The number of halogens is 5. The molecule has 7 heteroatoms. The van der Waals surface area contributed by atoms with Crippen LogP contribution in [-0.2, 0) is 0 Å². The molecule has 112 valence electrons. The Kier molecular flexibility index (Phi) is 4.42. The summed E-state index contributed by atoms with van der Waals surface area (Å²) in [5.74, 6) is -6.20. The van der Waals surface area contributed by atoms with Crippen LogP contribution >= 0.6 is 0 Å². The smallest absolute Gasteiger partial charge is 0.196 e. The molecule has 0 amide bonds. The minimum atomic E-state index is -1.65. The van der Waals surface area contributed by atoms with Crippen LogP contribution in [0.3, 0.4) is 0 Å². The van der Waals surface area contributed by atoms with Crippen LogP contribution in [0.15, 0.2) is 30.3 Å². The van der Waals surface area contributed by atoms with Crippen molar-refractivity contribution in [1.29, 1.82) is 0 Å². The molecule has 2 aromatic carbocycles. The van der Waals surface area contributed by atoms with E-state index in [0.29, 0.717) is 12.1 Å². The van der Waals surface area contributed by atoms with E-state index in [1.807, 2.05) is 0 Å². The lowest BCUT2D eigenvalue weighted by Crippen LogP contribution is -2.15. The Hall–Kier alpha value is -2.15. The van der Waals surface area contributed by atoms with Gasteiger partial charge in [-0.3, -0.25) is 0 Å². The third kappa shape index (κ3) is 3.30. The average Bonchev–Trinajstić information content (AvgIpc) is 2.44. The number of aliphatic hydroxyl groups is 1. The van der Waals surface area contributed by atoms with E-state index in [1.54, 1.807) is 0 Å². The van der Waals surface area contributed by atoms with Crippen molar-refractivity contribution in [2.45, 2.75) is 6.10 Å². The molecule has 0 bridgehead atoms. The monoisotopic (exact) mass is 303 g/mol. The van der Waals surface area contributed by atoms with Crippen LogP contribution in [-0.4, -0.2) is 11.7 Å². The number of hydrogen-bond acceptors (Lipinski definition) is 2. The topological polar surface area (TPSA) is 32.3 Å². The zero-order valence-electron chi connectivity index (χ0n) is 10.5. The van der Waals surface area contributed by atoms with Crippen molar-refractivity contribution in [1.82, 2.24) is 0 Å². The van der Waals surface area contributed by atoms with Gasteiger partial charge >= 0.3 is 0 Å². The molecule has 2 nitrogen and oxygen atoms in total. The first-order chi connectivity index (χ1) is 9.90. The molecule has 2 N–H and O–H groups in total. The maximum atomic E-state index is 13.4. The van der Waals surface area contributed by atoms with Gasteiger partial charge < -0.3 is 10.4 Å². The number of anilines is 1. The van der Waals surface area contributed by atoms with Crippen LogP contribution in [0, 0.1) is 29.1 Å². The van der Waals surface area contributed by atoms with E-state index in [-0.39, 0.29) is 17.8 Å². The number of hydrogen-bond donors (Lipinski definition) is 2. The standard InChI is InChI=1S/C14H10F5NO/c15-7-1-2-8(10(17)5-7)12(21)6-20-11-4-3-9(16)13(18)14(11)19/h1-5,12,20-21H,6H2. The Morgan fingerprint density at radius 1 is 0.905 bits per heavy atom. The van der Waals surface area contributed by atoms with Crippen LogP contribution in [0.1, 0.15) is 11.7 Å². The van der Waals surface area contributed by atoms with Crippen LogP contribution in [0.4, 0.5) is 27.6 Å². The van der Waals surface area contributed by atoms with Crippen LogP contribution in [0.25, 0.3) is 0 Å². The molecular formula is C14H10F5NO. The van der Waals surface area contributed by atoms with Crippen LogP contribution < -0.4 is 5.32 Å². The Morgan fingerprint density at radius 2 is 1.62 bits per heavy atom. The summed E-state index contributed by atoms with van der Waals surface area (Å²) in [7, 11) is 0. The second-order valence-electron chi connectivity index (χ2n) is 4.29. The number of benzene rings is 2. The zero-order valence-corrected chi connectivity index (χ0v) is 10.5. The van der Waals surface area contributed by atoms with Crippen LogP contribution in [0.2, 0.25) is 0 Å². The first-order valence-electron chi connectivity index (χ1n) is 5.90. The summed E-state index contributed by atoms with van der Waals surface area (Å²) in [6.07, 6.45) is -1.42. The molecule has 2 rings (SSSR count). The fourth-order valence-electron chi connectivity index (χ4n) is 1.75. The summed E-state index contributed by atoms with van der Waals surface area (Å²) in [5.41, 5.74) is -0.581. The molecule has 0 spiro atoms. The molecule has 0 aliphatic heterocycles. The van der Waals surface area contributed by atoms with Crippen molar-refractivity contribution in [3.63, 3.8) is 0 Å². The molecule has 0 aliphatic carbocycles. The third-order valence-electron chi connectivity index (χ3n) is 2.84. The maximum absolute atomic E-state index is 13.4. The van der Waals surface area contributed by atoms with Gasteiger partial charge in [0.15, 0.2) is 17.5 Å². The molecule has 0 radical (unpaired) electrons. The Bertz CT molecular complexity index is 662. The first-order valence-corrected chi connectivity index (χ1v) is 5.90. The molecular weight excluding hydrogens is 293 g/mol. The summed E-state index contributed by atoms with van der Waals surface area (Å²) in [6, 6.07) is 4.25. The highest BCUT2D eigenvalue weighted by Crippen LogP contribution is 2.22. The summed E-state index contributed by atoms with van der Waals surface area (Å²) in [5, 5.41) is 12.1. The minimum absolute atomic E-state index is 0.202. The van der Waals surface area contributed by atoms with Gasteiger partial charge in [0.25, 0.3) is 0 Å². The van der Waals surface area contributed by atoms with E-state index < -0.39 is 35.2 Å². The molecule has 0 aliphatic rings. The van der Waals surface area contributed by atoms with Gasteiger partial charge in [-0.25, -0.2) is 22.0 Å². The van der Waals surface area contributed by atoms with Gasteiger partial charge in [0, 0.05) is 18.2 Å². The second kappa shape index (κ2) is 6.09.